The summed E-state index contributed by atoms with van der Waals surface area (Å²) in [7, 11) is 1.64. The molecule has 0 aromatic heterocycles. The molecule has 0 amide bonds. The monoisotopic (exact) mass is 232 g/mol. The maximum Gasteiger partial charge on any atom is 0.164 e. The molecule has 16 heavy (non-hydrogen) atoms. The van der Waals surface area contributed by atoms with Crippen LogP contribution in [-0.2, 0) is 14.2 Å². The Hall–Kier alpha value is -0.160. The van der Waals surface area contributed by atoms with E-state index in [0.29, 0.717) is 0 Å². The molecule has 1 aliphatic rings. The van der Waals surface area contributed by atoms with Gasteiger partial charge in [0.25, 0.3) is 0 Å². The van der Waals surface area contributed by atoms with E-state index in [2.05, 4.69) is 0 Å². The second-order valence-corrected chi connectivity index (χ2v) is 5.94. The molecule has 1 saturated heterocycles. The summed E-state index contributed by atoms with van der Waals surface area (Å²) in [4.78, 5) is 0. The Labute approximate surface area is 97.9 Å². The van der Waals surface area contributed by atoms with Gasteiger partial charge in [-0.1, -0.05) is 0 Å². The molecule has 0 unspecified atom stereocenters. The second-order valence-electron chi connectivity index (χ2n) is 5.94. The molecule has 4 nitrogen and oxygen atoms in total. The third kappa shape index (κ3) is 2.74. The molecule has 96 valence electrons. The number of hydrogen-bond acceptors (Lipinski definition) is 4. The Morgan fingerprint density at radius 3 is 1.88 bits per heavy atom. The van der Waals surface area contributed by atoms with E-state index in [0.717, 1.165) is 0 Å². The average molecular weight is 232 g/mol. The molecule has 1 rings (SSSR count). The SMILES string of the molecule is COC(C)(C)[C@@H]1OC(C)(C)O[C@H]1C(C)(C)O. The van der Waals surface area contributed by atoms with Gasteiger partial charge in [-0.05, 0) is 41.5 Å². The van der Waals surface area contributed by atoms with E-state index in [1.54, 1.807) is 21.0 Å². The summed E-state index contributed by atoms with van der Waals surface area (Å²) in [5.74, 6) is -0.689. The van der Waals surface area contributed by atoms with E-state index in [-0.39, 0.29) is 6.10 Å². The fourth-order valence-electron chi connectivity index (χ4n) is 1.90. The van der Waals surface area contributed by atoms with Gasteiger partial charge in [-0.2, -0.15) is 0 Å². The summed E-state index contributed by atoms with van der Waals surface area (Å²) in [5, 5.41) is 10.1. The van der Waals surface area contributed by atoms with Crippen molar-refractivity contribution in [1.29, 1.82) is 0 Å². The van der Waals surface area contributed by atoms with Gasteiger partial charge in [-0.25, -0.2) is 0 Å². The van der Waals surface area contributed by atoms with Crippen molar-refractivity contribution in [3.05, 3.63) is 0 Å². The highest BCUT2D eigenvalue weighted by Gasteiger charge is 2.53. The van der Waals surface area contributed by atoms with Crippen LogP contribution in [0.25, 0.3) is 0 Å². The quantitative estimate of drug-likeness (QED) is 0.804. The second kappa shape index (κ2) is 3.95. The Balaban J connectivity index is 2.98. The maximum atomic E-state index is 10.1. The summed E-state index contributed by atoms with van der Waals surface area (Å²) in [6.07, 6.45) is -0.704. The molecular formula is C12H24O4. The molecule has 0 aromatic carbocycles. The van der Waals surface area contributed by atoms with E-state index in [1.165, 1.54) is 0 Å². The van der Waals surface area contributed by atoms with Crippen LogP contribution in [-0.4, -0.2) is 41.4 Å². The third-order valence-corrected chi connectivity index (χ3v) is 3.00. The average Bonchev–Trinajstić information content (AvgIpc) is 2.41. The van der Waals surface area contributed by atoms with Crippen molar-refractivity contribution in [3.63, 3.8) is 0 Å². The van der Waals surface area contributed by atoms with Gasteiger partial charge in [0.15, 0.2) is 5.79 Å². The zero-order valence-corrected chi connectivity index (χ0v) is 11.3. The molecule has 0 saturated carbocycles. The van der Waals surface area contributed by atoms with Gasteiger partial charge in [-0.3, -0.25) is 0 Å². The van der Waals surface area contributed by atoms with Gasteiger partial charge in [0, 0.05) is 7.11 Å². The molecule has 1 aliphatic heterocycles. The molecule has 0 aromatic rings. The first-order valence-corrected chi connectivity index (χ1v) is 5.63. The summed E-state index contributed by atoms with van der Waals surface area (Å²) in [5.41, 5.74) is -1.47. The van der Waals surface area contributed by atoms with Crippen molar-refractivity contribution in [2.75, 3.05) is 7.11 Å². The summed E-state index contributed by atoms with van der Waals surface area (Å²) in [6.45, 7) is 11.0. The van der Waals surface area contributed by atoms with Gasteiger partial charge >= 0.3 is 0 Å². The first-order valence-electron chi connectivity index (χ1n) is 5.63. The molecule has 1 fully saturated rings. The van der Waals surface area contributed by atoms with Crippen molar-refractivity contribution < 1.29 is 19.3 Å². The lowest BCUT2D eigenvalue weighted by molar-refractivity contribution is -0.174. The minimum atomic E-state index is -0.964. The largest absolute Gasteiger partial charge is 0.388 e. The van der Waals surface area contributed by atoms with Gasteiger partial charge in [-0.15, -0.1) is 0 Å². The molecule has 0 aliphatic carbocycles. The normalized spacial score (nSPS) is 30.8. The number of methoxy groups -OCH3 is 1. The highest BCUT2D eigenvalue weighted by molar-refractivity contribution is 4.99. The Morgan fingerprint density at radius 1 is 1.06 bits per heavy atom. The van der Waals surface area contributed by atoms with Gasteiger partial charge in [0.2, 0.25) is 0 Å². The van der Waals surface area contributed by atoms with Gasteiger partial charge in [0.1, 0.15) is 12.2 Å². The van der Waals surface area contributed by atoms with Crippen LogP contribution in [0.4, 0.5) is 0 Å². The number of aliphatic hydroxyl groups is 1. The van der Waals surface area contributed by atoms with Crippen LogP contribution < -0.4 is 0 Å². The Kier molecular flexibility index (Phi) is 3.43. The van der Waals surface area contributed by atoms with E-state index in [1.807, 2.05) is 27.7 Å². The van der Waals surface area contributed by atoms with Gasteiger partial charge in [0.05, 0.1) is 11.2 Å². The maximum absolute atomic E-state index is 10.1. The number of hydrogen-bond donors (Lipinski definition) is 1. The predicted molar refractivity (Wildman–Crippen MR) is 61.2 cm³/mol. The fraction of sp³-hybridized carbons (Fsp3) is 1.00. The lowest BCUT2D eigenvalue weighted by Gasteiger charge is -2.36. The minimum Gasteiger partial charge on any atom is -0.388 e. The van der Waals surface area contributed by atoms with E-state index < -0.39 is 23.1 Å². The smallest absolute Gasteiger partial charge is 0.164 e. The van der Waals surface area contributed by atoms with E-state index in [9.17, 15) is 5.11 Å². The zero-order chi connectivity index (χ0) is 12.8. The summed E-state index contributed by atoms with van der Waals surface area (Å²) >= 11 is 0. The number of rotatable bonds is 3. The van der Waals surface area contributed by atoms with E-state index in [4.69, 9.17) is 14.2 Å². The van der Waals surface area contributed by atoms with Crippen molar-refractivity contribution in [3.8, 4) is 0 Å². The number of ether oxygens (including phenoxy) is 3. The Bertz CT molecular complexity index is 252. The lowest BCUT2D eigenvalue weighted by atomic mass is 9.88. The zero-order valence-electron chi connectivity index (χ0n) is 11.3. The van der Waals surface area contributed by atoms with Crippen LogP contribution in [0.3, 0.4) is 0 Å². The van der Waals surface area contributed by atoms with Crippen LogP contribution in [0.5, 0.6) is 0 Å². The topological polar surface area (TPSA) is 47.9 Å². The van der Waals surface area contributed by atoms with Crippen LogP contribution >= 0.6 is 0 Å². The highest BCUT2D eigenvalue weighted by Crippen LogP contribution is 2.39. The molecule has 0 spiro atoms. The molecule has 2 atom stereocenters. The van der Waals surface area contributed by atoms with Crippen molar-refractivity contribution in [1.82, 2.24) is 0 Å². The van der Waals surface area contributed by atoms with Crippen LogP contribution in [0, 0.1) is 0 Å². The van der Waals surface area contributed by atoms with Crippen LogP contribution in [0.1, 0.15) is 41.5 Å². The van der Waals surface area contributed by atoms with Crippen LogP contribution in [0.15, 0.2) is 0 Å². The minimum absolute atomic E-state index is 0.299. The molecule has 4 heteroatoms. The molecule has 1 heterocycles. The van der Waals surface area contributed by atoms with Crippen molar-refractivity contribution in [2.45, 2.75) is 70.7 Å². The van der Waals surface area contributed by atoms with Gasteiger partial charge < -0.3 is 19.3 Å². The first-order chi connectivity index (χ1) is 6.99. The molecule has 1 N–H and O–H groups in total. The van der Waals surface area contributed by atoms with Crippen molar-refractivity contribution in [2.24, 2.45) is 0 Å². The van der Waals surface area contributed by atoms with Crippen molar-refractivity contribution >= 4 is 0 Å². The molecular weight excluding hydrogens is 208 g/mol. The van der Waals surface area contributed by atoms with E-state index >= 15 is 0 Å². The van der Waals surface area contributed by atoms with Crippen LogP contribution in [0.2, 0.25) is 0 Å². The third-order valence-electron chi connectivity index (χ3n) is 3.00. The molecule has 0 radical (unpaired) electrons. The lowest BCUT2D eigenvalue weighted by Crippen LogP contribution is -2.52. The molecule has 0 bridgehead atoms. The predicted octanol–water partition coefficient (Wildman–Crippen LogP) is 1.70. The first kappa shape index (κ1) is 13.9. The standard InChI is InChI=1S/C12H24O4/c1-10(2,13)8-9(11(3,4)14-7)16-12(5,6)15-8/h8-9,13H,1-7H3/t8-,9-/m1/s1. The fourth-order valence-corrected chi connectivity index (χ4v) is 1.90. The summed E-state index contributed by atoms with van der Waals surface area (Å²) < 4.78 is 17.0. The Morgan fingerprint density at radius 2 is 1.50 bits per heavy atom. The highest BCUT2D eigenvalue weighted by atomic mass is 16.8. The summed E-state index contributed by atoms with van der Waals surface area (Å²) in [6, 6.07) is 0.